The number of ether oxygens (including phenoxy) is 2. The van der Waals surface area contributed by atoms with E-state index in [1.807, 2.05) is 30.1 Å². The molecule has 0 spiro atoms. The molecule has 2 aromatic rings. The third-order valence-electron chi connectivity index (χ3n) is 4.58. The fourth-order valence-corrected chi connectivity index (χ4v) is 2.98. The minimum Gasteiger partial charge on any atom is -0.493 e. The molecule has 0 atom stereocenters. The fraction of sp³-hybridized carbons (Fsp3) is 0.381. The Morgan fingerprint density at radius 2 is 1.84 bits per heavy atom. The molecule has 0 aliphatic heterocycles. The molecule has 9 nitrogen and oxygen atoms in total. The van der Waals surface area contributed by atoms with Gasteiger partial charge in [0.1, 0.15) is 5.69 Å². The van der Waals surface area contributed by atoms with Crippen molar-refractivity contribution < 1.29 is 14.4 Å². The Hall–Kier alpha value is -2.76. The van der Waals surface area contributed by atoms with Gasteiger partial charge in [-0.3, -0.25) is 15.1 Å². The first kappa shape index (κ1) is 26.3. The van der Waals surface area contributed by atoms with Crippen molar-refractivity contribution in [1.82, 2.24) is 10.2 Å². The number of guanidine groups is 1. The van der Waals surface area contributed by atoms with Crippen LogP contribution in [0, 0.1) is 10.1 Å². The summed E-state index contributed by atoms with van der Waals surface area (Å²) in [6.45, 7) is 1.85. The van der Waals surface area contributed by atoms with Gasteiger partial charge in [0, 0.05) is 39.8 Å². The van der Waals surface area contributed by atoms with Crippen molar-refractivity contribution in [3.63, 3.8) is 0 Å². The van der Waals surface area contributed by atoms with E-state index in [2.05, 4.69) is 15.6 Å². The predicted octanol–water partition coefficient (Wildman–Crippen LogP) is 3.39. The Labute approximate surface area is 200 Å². The van der Waals surface area contributed by atoms with E-state index in [4.69, 9.17) is 9.47 Å². The minimum atomic E-state index is -0.392. The van der Waals surface area contributed by atoms with E-state index in [1.54, 1.807) is 39.5 Å². The van der Waals surface area contributed by atoms with Gasteiger partial charge in [0.05, 0.1) is 19.1 Å². The Morgan fingerprint density at radius 1 is 1.13 bits per heavy atom. The minimum absolute atomic E-state index is 0. The molecule has 0 fully saturated rings. The number of hydrogen-bond donors (Lipinski definition) is 2. The lowest BCUT2D eigenvalue weighted by molar-refractivity contribution is -0.384. The molecule has 0 saturated heterocycles. The van der Waals surface area contributed by atoms with E-state index in [1.165, 1.54) is 6.07 Å². The van der Waals surface area contributed by atoms with Crippen LogP contribution in [-0.4, -0.2) is 63.7 Å². The Morgan fingerprint density at radius 3 is 2.48 bits per heavy atom. The summed E-state index contributed by atoms with van der Waals surface area (Å²) in [4.78, 5) is 17.0. The number of para-hydroxylation sites is 2. The molecular formula is C21H30IN5O4. The molecule has 170 valence electrons. The highest BCUT2D eigenvalue weighted by atomic mass is 127. The molecule has 0 bridgehead atoms. The van der Waals surface area contributed by atoms with Gasteiger partial charge in [0.2, 0.25) is 0 Å². The Balaban J connectivity index is 0.00000480. The average Bonchev–Trinajstić information content (AvgIpc) is 2.77. The topological polar surface area (TPSA) is 101 Å². The van der Waals surface area contributed by atoms with Crippen molar-refractivity contribution in [2.24, 2.45) is 4.99 Å². The van der Waals surface area contributed by atoms with Crippen LogP contribution in [0.5, 0.6) is 11.5 Å². The van der Waals surface area contributed by atoms with Crippen LogP contribution >= 0.6 is 24.0 Å². The van der Waals surface area contributed by atoms with Gasteiger partial charge in [-0.1, -0.05) is 18.2 Å². The summed E-state index contributed by atoms with van der Waals surface area (Å²) in [7, 11) is 6.93. The maximum absolute atomic E-state index is 11.1. The van der Waals surface area contributed by atoms with E-state index >= 15 is 0 Å². The highest BCUT2D eigenvalue weighted by molar-refractivity contribution is 14.0. The molecule has 2 rings (SSSR count). The monoisotopic (exact) mass is 543 g/mol. The lowest BCUT2D eigenvalue weighted by Crippen LogP contribution is -2.41. The van der Waals surface area contributed by atoms with Gasteiger partial charge >= 0.3 is 0 Å². The number of rotatable bonds is 10. The molecule has 2 N–H and O–H groups in total. The summed E-state index contributed by atoms with van der Waals surface area (Å²) < 4.78 is 10.6. The molecule has 0 unspecified atom stereocenters. The van der Waals surface area contributed by atoms with Crippen LogP contribution in [0.2, 0.25) is 0 Å². The highest BCUT2D eigenvalue weighted by Crippen LogP contribution is 2.27. The van der Waals surface area contributed by atoms with Gasteiger partial charge in [0.15, 0.2) is 17.5 Å². The first-order chi connectivity index (χ1) is 14.5. The molecule has 0 amide bonds. The first-order valence-corrected chi connectivity index (χ1v) is 9.60. The number of hydrogen-bond acceptors (Lipinski definition) is 6. The van der Waals surface area contributed by atoms with E-state index in [-0.39, 0.29) is 29.7 Å². The number of methoxy groups -OCH3 is 2. The number of nitro benzene ring substituents is 1. The second-order valence-corrected chi connectivity index (χ2v) is 6.54. The van der Waals surface area contributed by atoms with E-state index in [9.17, 15) is 10.1 Å². The smallest absolute Gasteiger partial charge is 0.292 e. The molecule has 0 saturated carbocycles. The second-order valence-electron chi connectivity index (χ2n) is 6.54. The van der Waals surface area contributed by atoms with Crippen LogP contribution in [0.25, 0.3) is 0 Å². The molecule has 0 aromatic heterocycles. The normalized spacial score (nSPS) is 10.6. The fourth-order valence-electron chi connectivity index (χ4n) is 2.98. The van der Waals surface area contributed by atoms with Crippen LogP contribution in [0.15, 0.2) is 47.5 Å². The van der Waals surface area contributed by atoms with Crippen LogP contribution in [0.3, 0.4) is 0 Å². The largest absolute Gasteiger partial charge is 0.493 e. The summed E-state index contributed by atoms with van der Waals surface area (Å²) in [5, 5.41) is 17.4. The average molecular weight is 543 g/mol. The summed E-state index contributed by atoms with van der Waals surface area (Å²) >= 11 is 0. The summed E-state index contributed by atoms with van der Waals surface area (Å²) in [6, 6.07) is 12.5. The molecule has 31 heavy (non-hydrogen) atoms. The number of halogens is 1. The quantitative estimate of drug-likeness (QED) is 0.118. The van der Waals surface area contributed by atoms with Gasteiger partial charge in [0.25, 0.3) is 5.69 Å². The number of nitrogens with one attached hydrogen (secondary N) is 2. The number of nitrogens with zero attached hydrogens (tertiary/aromatic N) is 3. The maximum Gasteiger partial charge on any atom is 0.292 e. The van der Waals surface area contributed by atoms with Crippen molar-refractivity contribution in [2.45, 2.75) is 6.42 Å². The van der Waals surface area contributed by atoms with E-state index in [0.717, 1.165) is 24.5 Å². The zero-order valence-corrected chi connectivity index (χ0v) is 20.6. The Bertz CT molecular complexity index is 879. The van der Waals surface area contributed by atoms with Crippen molar-refractivity contribution in [3.8, 4) is 11.5 Å². The second kappa shape index (κ2) is 13.5. The molecular weight excluding hydrogens is 513 g/mol. The molecule has 2 aromatic carbocycles. The van der Waals surface area contributed by atoms with Crippen LogP contribution in [0.4, 0.5) is 11.4 Å². The third kappa shape index (κ3) is 7.78. The molecule has 0 aliphatic carbocycles. The summed E-state index contributed by atoms with van der Waals surface area (Å²) in [5.41, 5.74) is 1.70. The molecule has 0 radical (unpaired) electrons. The third-order valence-corrected chi connectivity index (χ3v) is 4.58. The van der Waals surface area contributed by atoms with E-state index in [0.29, 0.717) is 30.3 Å². The summed E-state index contributed by atoms with van der Waals surface area (Å²) in [6.07, 6.45) is 0.812. The molecule has 10 heteroatoms. The Kier molecular flexibility index (Phi) is 11.5. The van der Waals surface area contributed by atoms with Crippen molar-refractivity contribution >= 4 is 41.3 Å². The van der Waals surface area contributed by atoms with Crippen LogP contribution < -0.4 is 20.1 Å². The standard InChI is InChI=1S/C21H29N5O4.HI/c1-22-21(24-13-12-23-17-7-5-6-8-18(17)26(27)28)25(2)14-11-16-9-10-19(29-3)20(15-16)30-4;/h5-10,15,23H,11-14H2,1-4H3,(H,22,24);1H. The molecule has 0 heterocycles. The maximum atomic E-state index is 11.1. The van der Waals surface area contributed by atoms with Gasteiger partial charge in [-0.05, 0) is 30.2 Å². The number of likely N-dealkylation sites (N-methyl/N-ethyl adjacent to an activating group) is 1. The van der Waals surface area contributed by atoms with Crippen molar-refractivity contribution in [2.75, 3.05) is 53.3 Å². The van der Waals surface area contributed by atoms with Crippen LogP contribution in [-0.2, 0) is 6.42 Å². The first-order valence-electron chi connectivity index (χ1n) is 9.60. The molecule has 0 aliphatic rings. The lowest BCUT2D eigenvalue weighted by Gasteiger charge is -2.22. The summed E-state index contributed by atoms with van der Waals surface area (Å²) in [5.74, 6) is 2.17. The zero-order chi connectivity index (χ0) is 21.9. The van der Waals surface area contributed by atoms with Gasteiger partial charge < -0.3 is 25.0 Å². The predicted molar refractivity (Wildman–Crippen MR) is 134 cm³/mol. The SMILES string of the molecule is CN=C(NCCNc1ccccc1[N+](=O)[O-])N(C)CCc1ccc(OC)c(OC)c1.I. The van der Waals surface area contributed by atoms with Gasteiger partial charge in [-0.15, -0.1) is 24.0 Å². The van der Waals surface area contributed by atoms with Gasteiger partial charge in [-0.25, -0.2) is 0 Å². The van der Waals surface area contributed by atoms with Crippen LogP contribution in [0.1, 0.15) is 5.56 Å². The van der Waals surface area contributed by atoms with Crippen molar-refractivity contribution in [1.29, 1.82) is 0 Å². The van der Waals surface area contributed by atoms with Crippen molar-refractivity contribution in [3.05, 3.63) is 58.1 Å². The number of aliphatic imine (C=N–C) groups is 1. The number of anilines is 1. The number of nitro groups is 1. The number of benzene rings is 2. The highest BCUT2D eigenvalue weighted by Gasteiger charge is 2.12. The van der Waals surface area contributed by atoms with E-state index < -0.39 is 4.92 Å². The zero-order valence-electron chi connectivity index (χ0n) is 18.3. The lowest BCUT2D eigenvalue weighted by atomic mass is 10.1. The van der Waals surface area contributed by atoms with Gasteiger partial charge in [-0.2, -0.15) is 0 Å².